The lowest BCUT2D eigenvalue weighted by molar-refractivity contribution is -0.235. The number of aliphatic carboxylic acids is 1. The second kappa shape index (κ2) is 14.2. The molecule has 0 saturated heterocycles. The Kier molecular flexibility index (Phi) is 10.3. The molecule has 5 fully saturated rings. The predicted molar refractivity (Wildman–Crippen MR) is 234 cm³/mol. The van der Waals surface area contributed by atoms with Crippen LogP contribution in [0, 0.1) is 62.6 Å². The number of benzene rings is 1. The topological polar surface area (TPSA) is 136 Å². The highest BCUT2D eigenvalue weighted by molar-refractivity contribution is 7.15. The number of nitrogens with zero attached hydrogens (tertiary/aromatic N) is 2. The molecule has 2 N–H and O–H groups in total. The summed E-state index contributed by atoms with van der Waals surface area (Å²) in [5, 5.41) is 24.3. The Morgan fingerprint density at radius 3 is 2.18 bits per heavy atom. The molecule has 0 unspecified atom stereocenters. The second-order valence-corrected chi connectivity index (χ2v) is 24.0. The fraction of sp³-hybridized carbons (Fsp3) is 0.714. The third-order valence-electron chi connectivity index (χ3n) is 18.4. The Balaban J connectivity index is 1.05. The van der Waals surface area contributed by atoms with Gasteiger partial charge in [0.1, 0.15) is 16.1 Å². The molecular formula is C49H66ClN3O6S. The number of hydrogen-bond donors (Lipinski definition) is 2. The Morgan fingerprint density at radius 2 is 1.55 bits per heavy atom. The van der Waals surface area contributed by atoms with Gasteiger partial charge in [-0.25, -0.2) is 0 Å². The van der Waals surface area contributed by atoms with Crippen molar-refractivity contribution < 1.29 is 29.0 Å². The standard InChI is InChI=1S/C49H66ClN3O6S/c1-26(2)36-32(54)25-49(51-41(58)45(7,8)42-53-52-38(60-42)27-12-14-28(50)15-13-27)23-22-47(10)29(37(36)49)16-17-34-46(9)20-19-35(44(5,6)33(46)18-21-48(34,47)11)59-40(57)31-24-30(39(55)56)43(31,3)4/h12-15,26,29-31,33-35H,16-25H2,1-11H3,(H,51,58)(H,55,56)/t29-,30+,31-,33+,34-,35+,46+,47-,48-,49-/m1/s1. The molecule has 11 heteroatoms. The van der Waals surface area contributed by atoms with E-state index in [4.69, 9.17) is 16.3 Å². The minimum atomic E-state index is -0.974. The summed E-state index contributed by atoms with van der Waals surface area (Å²) in [6.07, 6.45) is 7.97. The number of carbonyl (C=O) groups excluding carboxylic acids is 3. The first kappa shape index (κ1) is 43.5. The number of Topliss-reactive ketones (excluding diaryl/α,β-unsaturated/α-hetero) is 1. The highest BCUT2D eigenvalue weighted by atomic mass is 35.5. The molecule has 1 amide bonds. The van der Waals surface area contributed by atoms with Crippen molar-refractivity contribution in [2.24, 2.45) is 62.6 Å². The van der Waals surface area contributed by atoms with Crippen LogP contribution in [-0.4, -0.2) is 50.6 Å². The van der Waals surface area contributed by atoms with Gasteiger partial charge in [0.15, 0.2) is 5.78 Å². The molecule has 9 nitrogen and oxygen atoms in total. The summed E-state index contributed by atoms with van der Waals surface area (Å²) in [7, 11) is 0. The van der Waals surface area contributed by atoms with Crippen molar-refractivity contribution in [3.8, 4) is 10.6 Å². The number of allylic oxidation sites excluding steroid dienone is 1. The van der Waals surface area contributed by atoms with Gasteiger partial charge in [-0.3, -0.25) is 19.2 Å². The molecule has 10 atom stereocenters. The van der Waals surface area contributed by atoms with Crippen molar-refractivity contribution in [1.82, 2.24) is 15.5 Å². The number of carboxylic acid groups (broad SMARTS) is 1. The number of hydrogen-bond acceptors (Lipinski definition) is 8. The second-order valence-electron chi connectivity index (χ2n) is 22.6. The molecule has 8 rings (SSSR count). The van der Waals surface area contributed by atoms with Gasteiger partial charge in [0.25, 0.3) is 0 Å². The number of halogens is 1. The van der Waals surface area contributed by atoms with Crippen LogP contribution in [0.5, 0.6) is 0 Å². The van der Waals surface area contributed by atoms with E-state index in [1.54, 1.807) is 0 Å². The molecule has 1 aromatic heterocycles. The zero-order valence-electron chi connectivity index (χ0n) is 37.6. The average Bonchev–Trinajstić information content (AvgIpc) is 3.76. The normalized spacial score (nSPS) is 37.9. The number of esters is 1. The van der Waals surface area contributed by atoms with E-state index in [9.17, 15) is 24.3 Å². The maximum Gasteiger partial charge on any atom is 0.309 e. The summed E-state index contributed by atoms with van der Waals surface area (Å²) in [6, 6.07) is 7.47. The van der Waals surface area contributed by atoms with Crippen LogP contribution in [0.4, 0.5) is 0 Å². The van der Waals surface area contributed by atoms with Gasteiger partial charge in [0.05, 0.1) is 22.8 Å². The van der Waals surface area contributed by atoms with Crippen LogP contribution in [0.2, 0.25) is 5.02 Å². The fourth-order valence-electron chi connectivity index (χ4n) is 14.6. The molecule has 326 valence electrons. The van der Waals surface area contributed by atoms with Gasteiger partial charge in [-0.2, -0.15) is 0 Å². The lowest BCUT2D eigenvalue weighted by Gasteiger charge is -2.72. The summed E-state index contributed by atoms with van der Waals surface area (Å²) in [5.41, 5.74) is 0.426. The molecule has 0 spiro atoms. The van der Waals surface area contributed by atoms with E-state index in [0.29, 0.717) is 34.7 Å². The molecule has 60 heavy (non-hydrogen) atoms. The molecule has 1 aromatic carbocycles. The number of fused-ring (bicyclic) bond motifs is 7. The first-order chi connectivity index (χ1) is 27.8. The molecule has 6 aliphatic rings. The number of carboxylic acids is 1. The fourth-order valence-corrected chi connectivity index (χ4v) is 15.6. The summed E-state index contributed by atoms with van der Waals surface area (Å²) in [4.78, 5) is 54.4. The summed E-state index contributed by atoms with van der Waals surface area (Å²) in [5.74, 6) is -0.922. The van der Waals surface area contributed by atoms with Gasteiger partial charge in [-0.1, -0.05) is 97.4 Å². The van der Waals surface area contributed by atoms with E-state index in [1.165, 1.54) is 16.9 Å². The molecule has 6 aliphatic carbocycles. The number of rotatable bonds is 8. The molecule has 1 heterocycles. The van der Waals surface area contributed by atoms with Crippen LogP contribution in [0.25, 0.3) is 10.6 Å². The van der Waals surface area contributed by atoms with Crippen LogP contribution in [0.1, 0.15) is 145 Å². The summed E-state index contributed by atoms with van der Waals surface area (Å²) in [6.45, 7) is 24.1. The van der Waals surface area contributed by atoms with Gasteiger partial charge in [-0.05, 0) is 140 Å². The monoisotopic (exact) mass is 859 g/mol. The third kappa shape index (κ3) is 6.16. The molecular weight excluding hydrogens is 794 g/mol. The number of nitrogens with one attached hydrogen (secondary N) is 1. The molecule has 0 aliphatic heterocycles. The number of amides is 1. The Labute approximate surface area is 365 Å². The largest absolute Gasteiger partial charge is 0.481 e. The van der Waals surface area contributed by atoms with E-state index in [2.05, 4.69) is 64.0 Å². The van der Waals surface area contributed by atoms with Gasteiger partial charge in [0.2, 0.25) is 5.91 Å². The SMILES string of the molecule is CC(C)C1=C2[C@H]3CC[C@@H]4[C@@]5(C)CC[C@H](OC(=O)[C@H]6C[C@@H](C(=O)O)C6(C)C)C(C)(C)[C@@H]5CC[C@@]4(C)[C@]3(C)CC[C@@]2(NC(=O)C(C)(C)c2nnc(-c3ccc(Cl)cc3)s2)CC1=O. The van der Waals surface area contributed by atoms with Gasteiger partial charge >= 0.3 is 11.9 Å². The zero-order valence-corrected chi connectivity index (χ0v) is 39.2. The van der Waals surface area contributed by atoms with Crippen molar-refractivity contribution in [1.29, 1.82) is 0 Å². The van der Waals surface area contributed by atoms with Crippen LogP contribution in [0.3, 0.4) is 0 Å². The van der Waals surface area contributed by atoms with E-state index in [0.717, 1.165) is 67.5 Å². The van der Waals surface area contributed by atoms with Gasteiger partial charge in [0, 0.05) is 22.4 Å². The van der Waals surface area contributed by atoms with Crippen molar-refractivity contribution in [3.63, 3.8) is 0 Å². The van der Waals surface area contributed by atoms with Crippen molar-refractivity contribution in [2.45, 2.75) is 157 Å². The van der Waals surface area contributed by atoms with E-state index >= 15 is 0 Å². The Hall–Kier alpha value is -3.11. The Morgan fingerprint density at radius 1 is 0.867 bits per heavy atom. The maximum atomic E-state index is 14.7. The molecule has 2 aromatic rings. The van der Waals surface area contributed by atoms with Crippen LogP contribution in [0.15, 0.2) is 35.4 Å². The highest BCUT2D eigenvalue weighted by Gasteiger charge is 2.71. The van der Waals surface area contributed by atoms with E-state index in [1.807, 2.05) is 52.0 Å². The third-order valence-corrected chi connectivity index (χ3v) is 20.0. The van der Waals surface area contributed by atoms with E-state index in [-0.39, 0.29) is 57.3 Å². The number of ether oxygens (including phenoxy) is 1. The van der Waals surface area contributed by atoms with Gasteiger partial charge in [-0.15, -0.1) is 10.2 Å². The van der Waals surface area contributed by atoms with Gasteiger partial charge < -0.3 is 15.2 Å². The lowest BCUT2D eigenvalue weighted by Crippen LogP contribution is -2.67. The quantitative estimate of drug-likeness (QED) is 0.251. The minimum Gasteiger partial charge on any atom is -0.481 e. The van der Waals surface area contributed by atoms with E-state index < -0.39 is 34.2 Å². The molecule has 0 radical (unpaired) electrons. The number of ketones is 1. The summed E-state index contributed by atoms with van der Waals surface area (Å²) >= 11 is 7.56. The smallest absolute Gasteiger partial charge is 0.309 e. The van der Waals surface area contributed by atoms with Crippen LogP contribution in [-0.2, 0) is 29.3 Å². The summed E-state index contributed by atoms with van der Waals surface area (Å²) < 4.78 is 6.43. The van der Waals surface area contributed by atoms with Crippen molar-refractivity contribution in [2.75, 3.05) is 0 Å². The van der Waals surface area contributed by atoms with Crippen LogP contribution < -0.4 is 5.32 Å². The zero-order chi connectivity index (χ0) is 43.7. The van der Waals surface area contributed by atoms with Crippen LogP contribution >= 0.6 is 22.9 Å². The Bertz CT molecular complexity index is 2160. The molecule has 5 saturated carbocycles. The minimum absolute atomic E-state index is 0.00332. The first-order valence-corrected chi connectivity index (χ1v) is 23.7. The number of carbonyl (C=O) groups is 4. The average molecular weight is 861 g/mol. The maximum absolute atomic E-state index is 14.7. The first-order valence-electron chi connectivity index (χ1n) is 22.5. The number of aromatic nitrogens is 2. The lowest BCUT2D eigenvalue weighted by atomic mass is 9.33. The highest BCUT2D eigenvalue weighted by Crippen LogP contribution is 2.76. The predicted octanol–water partition coefficient (Wildman–Crippen LogP) is 10.6. The molecule has 0 bridgehead atoms. The van der Waals surface area contributed by atoms with Crippen molar-refractivity contribution >= 4 is 46.6 Å². The van der Waals surface area contributed by atoms with Crippen molar-refractivity contribution in [3.05, 3.63) is 45.4 Å².